The Labute approximate surface area is 87.7 Å². The zero-order chi connectivity index (χ0) is 4.99. The number of hydrogen-bond acceptors (Lipinski definition) is 2. The molecule has 0 aromatic rings. The van der Waals surface area contributed by atoms with E-state index < -0.39 is 0 Å². The van der Waals surface area contributed by atoms with Crippen LogP contribution < -0.4 is 5.32 Å². The van der Waals surface area contributed by atoms with Gasteiger partial charge in [0.05, 0.1) is 0 Å². The van der Waals surface area contributed by atoms with Crippen LogP contribution in [0.25, 0.3) is 0 Å². The minimum Gasteiger partial charge on any atom is -1.00 e. The predicted molar refractivity (Wildman–Crippen MR) is 33.3 cm³/mol. The van der Waals surface area contributed by atoms with E-state index in [0.29, 0.717) is 0 Å². The first-order valence-electron chi connectivity index (χ1n) is 2.18. The average molecular weight is 228 g/mol. The molecule has 2 N–H and O–H groups in total. The summed E-state index contributed by atoms with van der Waals surface area (Å²) in [5.74, 6) is 0. The summed E-state index contributed by atoms with van der Waals surface area (Å²) in [5, 5.41) is 11.2. The molecule has 0 heterocycles. The second-order valence-electron chi connectivity index (χ2n) is 1.23. The molecular weight excluding hydrogens is 215 g/mol. The molecule has 0 radical (unpaired) electrons. The Balaban J connectivity index is -0.0000000417. The van der Waals surface area contributed by atoms with Crippen LogP contribution in [0.1, 0.15) is 16.7 Å². The van der Waals surface area contributed by atoms with Gasteiger partial charge >= 0.3 is 48.9 Å². The Hall–Kier alpha value is 1.49. The second-order valence-corrected chi connectivity index (χ2v) is 1.23. The fourth-order valence-electron chi connectivity index (χ4n) is 0.295. The van der Waals surface area contributed by atoms with Crippen LogP contribution in [0.5, 0.6) is 0 Å². The van der Waals surface area contributed by atoms with Gasteiger partial charge in [-0.2, -0.15) is 0 Å². The summed E-state index contributed by atoms with van der Waals surface area (Å²) in [6, 6.07) is 0. The molecule has 0 aliphatic carbocycles. The molecule has 0 fully saturated rings. The van der Waals surface area contributed by atoms with Crippen molar-refractivity contribution in [3.05, 3.63) is 0 Å². The van der Waals surface area contributed by atoms with Crippen LogP contribution >= 0.6 is 0 Å². The standard InChI is InChI=1S/C4H11NO.Ba.2H/c1-3-5-4(2)6;;;/h4-6H,3H2,1-2H3;;;/q;+2;2*-1. The van der Waals surface area contributed by atoms with Crippen molar-refractivity contribution < 1.29 is 7.96 Å². The summed E-state index contributed by atoms with van der Waals surface area (Å²) in [5.41, 5.74) is 0. The number of rotatable bonds is 2. The first-order valence-corrected chi connectivity index (χ1v) is 2.18. The third kappa shape index (κ3) is 11.2. The number of aliphatic hydroxyl groups is 1. The quantitative estimate of drug-likeness (QED) is 0.506. The third-order valence-corrected chi connectivity index (χ3v) is 0.500. The zero-order valence-electron chi connectivity index (χ0n) is 6.94. The maximum absolute atomic E-state index is 8.44. The molecule has 2 nitrogen and oxygen atoms in total. The molecule has 0 aliphatic rings. The molecular formula is C4H13BaNO. The molecule has 0 amide bonds. The van der Waals surface area contributed by atoms with Crippen molar-refractivity contribution in [2.75, 3.05) is 6.54 Å². The summed E-state index contributed by atoms with van der Waals surface area (Å²) < 4.78 is 0. The van der Waals surface area contributed by atoms with E-state index >= 15 is 0 Å². The Bertz CT molecular complexity index is 39.7. The van der Waals surface area contributed by atoms with Gasteiger partial charge in [-0.3, -0.25) is 5.32 Å². The van der Waals surface area contributed by atoms with Gasteiger partial charge < -0.3 is 7.96 Å². The molecule has 0 saturated heterocycles. The SMILES string of the molecule is CCNC(C)O.[Ba+2].[H-].[H-]. The molecule has 0 saturated carbocycles. The van der Waals surface area contributed by atoms with Gasteiger partial charge in [-0.1, -0.05) is 6.92 Å². The summed E-state index contributed by atoms with van der Waals surface area (Å²) in [6.07, 6.45) is -0.352. The second kappa shape index (κ2) is 7.49. The number of hydrogen-bond donors (Lipinski definition) is 2. The minimum absolute atomic E-state index is 0. The van der Waals surface area contributed by atoms with Crippen molar-refractivity contribution >= 4 is 48.9 Å². The molecule has 0 spiro atoms. The van der Waals surface area contributed by atoms with E-state index in [2.05, 4.69) is 5.32 Å². The van der Waals surface area contributed by atoms with E-state index in [4.69, 9.17) is 5.11 Å². The molecule has 0 rings (SSSR count). The minimum atomic E-state index is -0.352. The van der Waals surface area contributed by atoms with E-state index in [1.54, 1.807) is 6.92 Å². The van der Waals surface area contributed by atoms with Crippen molar-refractivity contribution in [2.45, 2.75) is 20.1 Å². The van der Waals surface area contributed by atoms with Crippen LogP contribution in [0.15, 0.2) is 0 Å². The van der Waals surface area contributed by atoms with Crippen LogP contribution in [0.2, 0.25) is 0 Å². The van der Waals surface area contributed by atoms with Crippen molar-refractivity contribution in [2.24, 2.45) is 0 Å². The predicted octanol–water partition coefficient (Wildman–Crippen LogP) is -0.222. The summed E-state index contributed by atoms with van der Waals surface area (Å²) >= 11 is 0. The van der Waals surface area contributed by atoms with Crippen molar-refractivity contribution in [3.63, 3.8) is 0 Å². The molecule has 0 bridgehead atoms. The van der Waals surface area contributed by atoms with Crippen molar-refractivity contribution in [1.29, 1.82) is 0 Å². The normalized spacial score (nSPS) is 12.4. The van der Waals surface area contributed by atoms with Crippen LogP contribution in [0, 0.1) is 0 Å². The zero-order valence-corrected chi connectivity index (χ0v) is 9.38. The first kappa shape index (κ1) is 11.3. The molecule has 42 valence electrons. The number of nitrogens with one attached hydrogen (secondary N) is 1. The maximum Gasteiger partial charge on any atom is 2.00 e. The van der Waals surface area contributed by atoms with Gasteiger partial charge in [-0.25, -0.2) is 0 Å². The molecule has 1 unspecified atom stereocenters. The van der Waals surface area contributed by atoms with Crippen LogP contribution in [-0.4, -0.2) is 66.8 Å². The summed E-state index contributed by atoms with van der Waals surface area (Å²) in [6.45, 7) is 4.48. The average Bonchev–Trinajstić information content (AvgIpc) is 1.35. The van der Waals surface area contributed by atoms with E-state index in [0.717, 1.165) is 6.54 Å². The van der Waals surface area contributed by atoms with E-state index in [-0.39, 0.29) is 58.0 Å². The molecule has 0 aromatic carbocycles. The molecule has 0 aromatic heterocycles. The van der Waals surface area contributed by atoms with Gasteiger partial charge in [0.25, 0.3) is 0 Å². The van der Waals surface area contributed by atoms with E-state index in [1.165, 1.54) is 0 Å². The van der Waals surface area contributed by atoms with E-state index in [9.17, 15) is 0 Å². The van der Waals surface area contributed by atoms with Gasteiger partial charge in [-0.15, -0.1) is 0 Å². The van der Waals surface area contributed by atoms with Gasteiger partial charge in [0.2, 0.25) is 0 Å². The van der Waals surface area contributed by atoms with Gasteiger partial charge in [0.1, 0.15) is 6.23 Å². The number of aliphatic hydroxyl groups excluding tert-OH is 1. The van der Waals surface area contributed by atoms with Crippen LogP contribution in [0.4, 0.5) is 0 Å². The van der Waals surface area contributed by atoms with Crippen molar-refractivity contribution in [3.8, 4) is 0 Å². The van der Waals surface area contributed by atoms with Gasteiger partial charge in [-0.05, 0) is 13.5 Å². The molecule has 3 heteroatoms. The fraction of sp³-hybridized carbons (Fsp3) is 1.00. The van der Waals surface area contributed by atoms with E-state index in [1.807, 2.05) is 6.92 Å². The monoisotopic (exact) mass is 229 g/mol. The Kier molecular flexibility index (Phi) is 12.1. The Morgan fingerprint density at radius 2 is 2.29 bits per heavy atom. The summed E-state index contributed by atoms with van der Waals surface area (Å²) in [7, 11) is 0. The fourth-order valence-corrected chi connectivity index (χ4v) is 0.295. The molecule has 0 aliphatic heterocycles. The van der Waals surface area contributed by atoms with Crippen LogP contribution in [-0.2, 0) is 0 Å². The maximum atomic E-state index is 8.44. The van der Waals surface area contributed by atoms with Gasteiger partial charge in [0, 0.05) is 0 Å². The summed E-state index contributed by atoms with van der Waals surface area (Å²) in [4.78, 5) is 0. The van der Waals surface area contributed by atoms with Gasteiger partial charge in [0.15, 0.2) is 0 Å². The third-order valence-electron chi connectivity index (χ3n) is 0.500. The smallest absolute Gasteiger partial charge is 1.00 e. The Morgan fingerprint density at radius 1 is 1.86 bits per heavy atom. The van der Waals surface area contributed by atoms with Crippen molar-refractivity contribution in [1.82, 2.24) is 5.32 Å². The molecule has 7 heavy (non-hydrogen) atoms. The molecule has 1 atom stereocenters. The topological polar surface area (TPSA) is 32.3 Å². The Morgan fingerprint density at radius 3 is 2.29 bits per heavy atom. The largest absolute Gasteiger partial charge is 2.00 e. The first-order chi connectivity index (χ1) is 2.77. The van der Waals surface area contributed by atoms with Crippen LogP contribution in [0.3, 0.4) is 0 Å².